The Balaban J connectivity index is 1.68. The molecular weight excluding hydrogens is 455 g/mol. The minimum absolute atomic E-state index is 0.0135. The normalized spacial score (nSPS) is 13.0. The zero-order valence-corrected chi connectivity index (χ0v) is 20.1. The number of phosphoric ester groups is 1. The Morgan fingerprint density at radius 1 is 1.09 bits per heavy atom. The third kappa shape index (κ3) is 7.19. The molecule has 1 atom stereocenters. The van der Waals surface area contributed by atoms with Gasteiger partial charge in [0.2, 0.25) is 5.91 Å². The van der Waals surface area contributed by atoms with E-state index in [0.717, 1.165) is 33.2 Å². The maximum absolute atomic E-state index is 12.7. The number of hydrogen-bond acceptors (Lipinski definition) is 7. The molecule has 0 aliphatic rings. The van der Waals surface area contributed by atoms with Gasteiger partial charge in [-0.25, -0.2) is 0 Å². The van der Waals surface area contributed by atoms with Crippen LogP contribution in [0.15, 0.2) is 54.7 Å². The van der Waals surface area contributed by atoms with Gasteiger partial charge in [-0.1, -0.05) is 48.5 Å². The predicted octanol–water partition coefficient (Wildman–Crippen LogP) is 3.40. The van der Waals surface area contributed by atoms with Crippen LogP contribution in [0.5, 0.6) is 0 Å². The Morgan fingerprint density at radius 2 is 1.88 bits per heavy atom. The van der Waals surface area contributed by atoms with Crippen molar-refractivity contribution in [1.29, 1.82) is 0 Å². The van der Waals surface area contributed by atoms with E-state index in [-0.39, 0.29) is 32.1 Å². The van der Waals surface area contributed by atoms with Crippen LogP contribution < -0.4 is 10.2 Å². The molecule has 3 aromatic rings. The summed E-state index contributed by atoms with van der Waals surface area (Å²) in [5.41, 5.74) is 4.54. The molecule has 0 saturated carbocycles. The number of aliphatic hydroxyl groups excluding tert-OH is 1. The van der Waals surface area contributed by atoms with E-state index in [4.69, 9.17) is 4.52 Å². The second-order valence-corrected chi connectivity index (χ2v) is 9.15. The number of phosphoric acid groups is 1. The van der Waals surface area contributed by atoms with Crippen molar-refractivity contribution in [2.75, 3.05) is 26.4 Å². The zero-order valence-electron chi connectivity index (χ0n) is 19.2. The van der Waals surface area contributed by atoms with Crippen molar-refractivity contribution in [2.24, 2.45) is 0 Å². The van der Waals surface area contributed by atoms with Crippen molar-refractivity contribution in [3.05, 3.63) is 65.9 Å². The quantitative estimate of drug-likeness (QED) is 0.281. The molecule has 1 heterocycles. The van der Waals surface area contributed by atoms with E-state index in [1.807, 2.05) is 48.5 Å². The van der Waals surface area contributed by atoms with Crippen LogP contribution in [0.4, 0.5) is 0 Å². The van der Waals surface area contributed by atoms with Gasteiger partial charge in [-0.3, -0.25) is 14.3 Å². The van der Waals surface area contributed by atoms with E-state index in [0.29, 0.717) is 25.8 Å². The van der Waals surface area contributed by atoms with E-state index < -0.39 is 7.82 Å². The summed E-state index contributed by atoms with van der Waals surface area (Å²) < 4.78 is 20.6. The van der Waals surface area contributed by atoms with Crippen LogP contribution in [0.3, 0.4) is 0 Å². The number of carbonyl (C=O) groups is 1. The standard InChI is InChI=1S/C25H31N2O6P/c1-2-32-34(30,31)33-16-7-6-14-26-23(29)17-21-18-27-25-20(13-15-28)11-8-12-22(25)24(21)19-9-4-3-5-10-19/h3-5,8-12,18,28H,2,6-7,13-17H2,1H3,(H,26,29)(H,30,31)/p-1. The fraction of sp³-hybridized carbons (Fsp3) is 0.360. The lowest BCUT2D eigenvalue weighted by Gasteiger charge is -2.21. The minimum Gasteiger partial charge on any atom is -0.756 e. The third-order valence-electron chi connectivity index (χ3n) is 5.28. The van der Waals surface area contributed by atoms with Gasteiger partial charge in [0.1, 0.15) is 0 Å². The summed E-state index contributed by atoms with van der Waals surface area (Å²) in [6, 6.07) is 15.8. The van der Waals surface area contributed by atoms with Gasteiger partial charge in [-0.05, 0) is 48.4 Å². The number of rotatable bonds is 13. The number of pyridine rings is 1. The van der Waals surface area contributed by atoms with Crippen LogP contribution in [0.1, 0.15) is 30.9 Å². The number of para-hydroxylation sites is 1. The molecular formula is C25H30N2O6P-. The summed E-state index contributed by atoms with van der Waals surface area (Å²) in [6.45, 7) is 2.07. The summed E-state index contributed by atoms with van der Waals surface area (Å²) in [5, 5.41) is 13.2. The summed E-state index contributed by atoms with van der Waals surface area (Å²) in [5.74, 6) is -0.144. The lowest BCUT2D eigenvalue weighted by atomic mass is 9.93. The fourth-order valence-electron chi connectivity index (χ4n) is 3.79. The maximum atomic E-state index is 12.7. The maximum Gasteiger partial charge on any atom is 0.267 e. The molecule has 182 valence electrons. The first-order chi connectivity index (χ1) is 16.4. The van der Waals surface area contributed by atoms with E-state index in [2.05, 4.69) is 14.8 Å². The smallest absolute Gasteiger partial charge is 0.267 e. The zero-order chi connectivity index (χ0) is 24.4. The Bertz CT molecular complexity index is 1140. The monoisotopic (exact) mass is 485 g/mol. The summed E-state index contributed by atoms with van der Waals surface area (Å²) in [6.07, 6.45) is 3.45. The number of hydrogen-bond donors (Lipinski definition) is 2. The SMILES string of the molecule is CCOP(=O)([O-])OCCCCNC(=O)Cc1cnc2c(CCO)cccc2c1-c1ccccc1. The molecule has 0 aliphatic carbocycles. The lowest BCUT2D eigenvalue weighted by molar-refractivity contribution is -0.225. The molecule has 1 unspecified atom stereocenters. The Hall–Kier alpha value is -2.61. The molecule has 0 fully saturated rings. The first-order valence-corrected chi connectivity index (χ1v) is 12.8. The fourth-order valence-corrected chi connectivity index (χ4v) is 4.53. The second kappa shape index (κ2) is 12.7. The second-order valence-electron chi connectivity index (χ2n) is 7.74. The molecule has 9 heteroatoms. The van der Waals surface area contributed by atoms with Crippen molar-refractivity contribution < 1.29 is 28.4 Å². The first kappa shape index (κ1) is 26.0. The van der Waals surface area contributed by atoms with Gasteiger partial charge in [0.05, 0.1) is 25.2 Å². The number of fused-ring (bicyclic) bond motifs is 1. The number of carbonyl (C=O) groups excluding carboxylic acids is 1. The Kier molecular flexibility index (Phi) is 9.74. The Labute approximate surface area is 199 Å². The summed E-state index contributed by atoms with van der Waals surface area (Å²) in [7, 11) is -4.23. The number of aromatic nitrogens is 1. The van der Waals surface area contributed by atoms with Crippen LogP contribution in [0.25, 0.3) is 22.0 Å². The van der Waals surface area contributed by atoms with Gasteiger partial charge in [0.25, 0.3) is 7.82 Å². The van der Waals surface area contributed by atoms with Crippen LogP contribution >= 0.6 is 7.82 Å². The largest absolute Gasteiger partial charge is 0.756 e. The van der Waals surface area contributed by atoms with Gasteiger partial charge in [-0.15, -0.1) is 0 Å². The number of aliphatic hydroxyl groups is 1. The molecule has 0 spiro atoms. The molecule has 34 heavy (non-hydrogen) atoms. The Morgan fingerprint density at radius 3 is 2.62 bits per heavy atom. The van der Waals surface area contributed by atoms with E-state index >= 15 is 0 Å². The predicted molar refractivity (Wildman–Crippen MR) is 129 cm³/mol. The number of nitrogens with one attached hydrogen (secondary N) is 1. The molecule has 1 aromatic heterocycles. The number of unbranched alkanes of at least 4 members (excludes halogenated alkanes) is 1. The topological polar surface area (TPSA) is 121 Å². The lowest BCUT2D eigenvalue weighted by Crippen LogP contribution is -2.26. The first-order valence-electron chi connectivity index (χ1n) is 11.4. The van der Waals surface area contributed by atoms with E-state index in [1.54, 1.807) is 13.1 Å². The van der Waals surface area contributed by atoms with Crippen molar-refractivity contribution >= 4 is 24.6 Å². The highest BCUT2D eigenvalue weighted by atomic mass is 31.2. The molecule has 0 aliphatic heterocycles. The van der Waals surface area contributed by atoms with Gasteiger partial charge in [-0.2, -0.15) is 0 Å². The van der Waals surface area contributed by atoms with Gasteiger partial charge < -0.3 is 24.4 Å². The number of amides is 1. The number of benzene rings is 2. The van der Waals surface area contributed by atoms with Gasteiger partial charge >= 0.3 is 0 Å². The van der Waals surface area contributed by atoms with Crippen molar-refractivity contribution in [3.8, 4) is 11.1 Å². The van der Waals surface area contributed by atoms with Crippen molar-refractivity contribution in [3.63, 3.8) is 0 Å². The van der Waals surface area contributed by atoms with Crippen LogP contribution in [-0.4, -0.2) is 42.4 Å². The van der Waals surface area contributed by atoms with Gasteiger partial charge in [0, 0.05) is 24.7 Å². The molecule has 2 N–H and O–H groups in total. The molecule has 3 rings (SSSR count). The average Bonchev–Trinajstić information content (AvgIpc) is 2.82. The van der Waals surface area contributed by atoms with Crippen molar-refractivity contribution in [1.82, 2.24) is 10.3 Å². The van der Waals surface area contributed by atoms with E-state index in [1.165, 1.54) is 0 Å². The molecule has 2 aromatic carbocycles. The summed E-state index contributed by atoms with van der Waals surface area (Å²) in [4.78, 5) is 28.7. The molecule has 0 saturated heterocycles. The molecule has 8 nitrogen and oxygen atoms in total. The van der Waals surface area contributed by atoms with Crippen LogP contribution in [-0.2, 0) is 31.2 Å². The molecule has 0 bridgehead atoms. The highest BCUT2D eigenvalue weighted by Gasteiger charge is 2.15. The molecule has 0 radical (unpaired) electrons. The highest BCUT2D eigenvalue weighted by Crippen LogP contribution is 2.38. The summed E-state index contributed by atoms with van der Waals surface area (Å²) >= 11 is 0. The average molecular weight is 485 g/mol. The van der Waals surface area contributed by atoms with Crippen LogP contribution in [0, 0.1) is 0 Å². The number of nitrogens with zero attached hydrogens (tertiary/aromatic N) is 1. The third-order valence-corrected chi connectivity index (χ3v) is 6.36. The van der Waals surface area contributed by atoms with Crippen molar-refractivity contribution in [2.45, 2.75) is 32.6 Å². The van der Waals surface area contributed by atoms with E-state index in [9.17, 15) is 19.4 Å². The molecule has 1 amide bonds. The minimum atomic E-state index is -4.23. The van der Waals surface area contributed by atoms with Gasteiger partial charge in [0.15, 0.2) is 0 Å². The highest BCUT2D eigenvalue weighted by molar-refractivity contribution is 7.45. The van der Waals surface area contributed by atoms with Crippen LogP contribution in [0.2, 0.25) is 0 Å².